The van der Waals surface area contributed by atoms with Crippen LogP contribution in [0.15, 0.2) is 72.8 Å². The van der Waals surface area contributed by atoms with Gasteiger partial charge in [-0.3, -0.25) is 9.59 Å². The maximum Gasteiger partial charge on any atom is 0.154 e. The summed E-state index contributed by atoms with van der Waals surface area (Å²) in [5.41, 5.74) is 1.11. The number of rotatable bonds is 8. The third-order valence-electron chi connectivity index (χ3n) is 4.90. The predicted octanol–water partition coefficient (Wildman–Crippen LogP) is 5.47. The molecular formula is C25H20O4. The van der Waals surface area contributed by atoms with Crippen LogP contribution in [0.3, 0.4) is 0 Å². The molecule has 4 heteroatoms. The Hall–Kier alpha value is -3.66. The van der Waals surface area contributed by atoms with Crippen LogP contribution in [-0.2, 0) is 0 Å². The second kappa shape index (κ2) is 8.57. The largest absolute Gasteiger partial charge is 0.493 e. The van der Waals surface area contributed by atoms with Gasteiger partial charge in [-0.05, 0) is 33.7 Å². The second-order valence-corrected chi connectivity index (χ2v) is 6.68. The van der Waals surface area contributed by atoms with Crippen molar-refractivity contribution >= 4 is 34.1 Å². The third kappa shape index (κ3) is 3.83. The zero-order valence-corrected chi connectivity index (χ0v) is 15.8. The first-order valence-electron chi connectivity index (χ1n) is 9.51. The monoisotopic (exact) mass is 384 g/mol. The summed E-state index contributed by atoms with van der Waals surface area (Å²) in [7, 11) is 0. The SMILES string of the molecule is O=Cc1c(OCCCOc2ccc3ccccc3c2C=O)ccc2ccccc12. The number of benzene rings is 4. The van der Waals surface area contributed by atoms with Crippen LogP contribution in [0.25, 0.3) is 21.5 Å². The molecule has 0 aromatic heterocycles. The lowest BCUT2D eigenvalue weighted by Crippen LogP contribution is -2.07. The van der Waals surface area contributed by atoms with Gasteiger partial charge < -0.3 is 9.47 Å². The molecule has 4 aromatic carbocycles. The molecule has 144 valence electrons. The van der Waals surface area contributed by atoms with E-state index in [2.05, 4.69) is 0 Å². The highest BCUT2D eigenvalue weighted by atomic mass is 16.5. The molecule has 0 aliphatic carbocycles. The summed E-state index contributed by atoms with van der Waals surface area (Å²) in [6.45, 7) is 0.812. The normalized spacial score (nSPS) is 10.8. The molecule has 0 amide bonds. The maximum atomic E-state index is 11.6. The molecule has 0 saturated heterocycles. The Morgan fingerprint density at radius 1 is 0.586 bits per heavy atom. The first kappa shape index (κ1) is 18.7. The third-order valence-corrected chi connectivity index (χ3v) is 4.90. The van der Waals surface area contributed by atoms with Gasteiger partial charge in [0, 0.05) is 6.42 Å². The summed E-state index contributed by atoms with van der Waals surface area (Å²) in [6, 6.07) is 23.0. The fourth-order valence-electron chi connectivity index (χ4n) is 3.47. The second-order valence-electron chi connectivity index (χ2n) is 6.68. The van der Waals surface area contributed by atoms with Gasteiger partial charge in [0.1, 0.15) is 11.5 Å². The Morgan fingerprint density at radius 2 is 1.03 bits per heavy atom. The lowest BCUT2D eigenvalue weighted by molar-refractivity contribution is 0.111. The van der Waals surface area contributed by atoms with Gasteiger partial charge >= 0.3 is 0 Å². The summed E-state index contributed by atoms with van der Waals surface area (Å²) >= 11 is 0. The van der Waals surface area contributed by atoms with Crippen LogP contribution in [0.2, 0.25) is 0 Å². The molecular weight excluding hydrogens is 364 g/mol. The topological polar surface area (TPSA) is 52.6 Å². The van der Waals surface area contributed by atoms with Crippen LogP contribution < -0.4 is 9.47 Å². The number of carbonyl (C=O) groups is 2. The van der Waals surface area contributed by atoms with Crippen LogP contribution in [-0.4, -0.2) is 25.8 Å². The summed E-state index contributed by atoms with van der Waals surface area (Å²) in [5, 5.41) is 3.76. The van der Waals surface area contributed by atoms with Crippen molar-refractivity contribution < 1.29 is 19.1 Å². The number of fused-ring (bicyclic) bond motifs is 2. The molecule has 0 spiro atoms. The Kier molecular flexibility index (Phi) is 5.52. The number of ether oxygens (including phenoxy) is 2. The van der Waals surface area contributed by atoms with Gasteiger partial charge in [-0.15, -0.1) is 0 Å². The molecule has 4 aromatic rings. The Bertz CT molecular complexity index is 1090. The minimum atomic E-state index is 0.406. The Morgan fingerprint density at radius 3 is 1.48 bits per heavy atom. The lowest BCUT2D eigenvalue weighted by Gasteiger charge is -2.13. The van der Waals surface area contributed by atoms with E-state index >= 15 is 0 Å². The number of hydrogen-bond acceptors (Lipinski definition) is 4. The van der Waals surface area contributed by atoms with Crippen molar-refractivity contribution in [2.24, 2.45) is 0 Å². The van der Waals surface area contributed by atoms with Crippen molar-refractivity contribution in [2.75, 3.05) is 13.2 Å². The fraction of sp³-hybridized carbons (Fsp3) is 0.120. The van der Waals surface area contributed by atoms with Crippen molar-refractivity contribution in [1.29, 1.82) is 0 Å². The summed E-state index contributed by atoms with van der Waals surface area (Å²) in [6.07, 6.45) is 2.29. The molecule has 0 heterocycles. The maximum absolute atomic E-state index is 11.6. The highest BCUT2D eigenvalue weighted by Gasteiger charge is 2.09. The Labute approximate surface area is 168 Å². The van der Waals surface area contributed by atoms with Gasteiger partial charge in [0.15, 0.2) is 12.6 Å². The van der Waals surface area contributed by atoms with Gasteiger partial charge in [0.05, 0.1) is 24.3 Å². The van der Waals surface area contributed by atoms with Crippen molar-refractivity contribution in [1.82, 2.24) is 0 Å². The number of carbonyl (C=O) groups excluding carboxylic acids is 2. The number of hydrogen-bond donors (Lipinski definition) is 0. The fourth-order valence-corrected chi connectivity index (χ4v) is 3.47. The highest BCUT2D eigenvalue weighted by molar-refractivity contribution is 6.01. The van der Waals surface area contributed by atoms with E-state index in [-0.39, 0.29) is 0 Å². The molecule has 0 radical (unpaired) electrons. The molecule has 0 aliphatic rings. The molecule has 4 rings (SSSR count). The van der Waals surface area contributed by atoms with E-state index in [1.54, 1.807) is 0 Å². The highest BCUT2D eigenvalue weighted by Crippen LogP contribution is 2.28. The van der Waals surface area contributed by atoms with Gasteiger partial charge in [0.2, 0.25) is 0 Å². The van der Waals surface area contributed by atoms with Gasteiger partial charge in [-0.25, -0.2) is 0 Å². The molecule has 29 heavy (non-hydrogen) atoms. The molecule has 0 aliphatic heterocycles. The van der Waals surface area contributed by atoms with E-state index in [4.69, 9.17) is 9.47 Å². The summed E-state index contributed by atoms with van der Waals surface area (Å²) in [4.78, 5) is 23.1. The van der Waals surface area contributed by atoms with E-state index in [0.717, 1.165) is 34.1 Å². The van der Waals surface area contributed by atoms with Crippen molar-refractivity contribution in [2.45, 2.75) is 6.42 Å². The average Bonchev–Trinajstić information content (AvgIpc) is 2.78. The first-order chi connectivity index (χ1) is 14.3. The van der Waals surface area contributed by atoms with E-state index < -0.39 is 0 Å². The average molecular weight is 384 g/mol. The van der Waals surface area contributed by atoms with Crippen LogP contribution >= 0.6 is 0 Å². The molecule has 4 nitrogen and oxygen atoms in total. The van der Waals surface area contributed by atoms with Crippen LogP contribution in [0, 0.1) is 0 Å². The first-order valence-corrected chi connectivity index (χ1v) is 9.51. The van der Waals surface area contributed by atoms with E-state index in [1.807, 2.05) is 72.8 Å². The van der Waals surface area contributed by atoms with E-state index in [9.17, 15) is 9.59 Å². The molecule has 0 fully saturated rings. The predicted molar refractivity (Wildman–Crippen MR) is 114 cm³/mol. The quantitative estimate of drug-likeness (QED) is 0.299. The molecule has 0 saturated carbocycles. The Balaban J connectivity index is 1.40. The summed E-state index contributed by atoms with van der Waals surface area (Å²) in [5.74, 6) is 1.14. The van der Waals surface area contributed by atoms with Crippen molar-refractivity contribution in [3.63, 3.8) is 0 Å². The van der Waals surface area contributed by atoms with Crippen LogP contribution in [0.5, 0.6) is 11.5 Å². The lowest BCUT2D eigenvalue weighted by atomic mass is 10.0. The molecule has 0 atom stereocenters. The van der Waals surface area contributed by atoms with E-state index in [0.29, 0.717) is 42.3 Å². The molecule has 0 N–H and O–H groups in total. The van der Waals surface area contributed by atoms with Crippen molar-refractivity contribution in [3.8, 4) is 11.5 Å². The zero-order chi connectivity index (χ0) is 20.1. The molecule has 0 bridgehead atoms. The molecule has 0 unspecified atom stereocenters. The standard InChI is InChI=1S/C25H20O4/c26-16-22-20-8-3-1-6-18(20)10-12-24(22)28-14-5-15-29-25-13-11-19-7-2-4-9-21(19)23(25)17-27/h1-4,6-13,16-17H,5,14-15H2. The number of aldehydes is 2. The minimum Gasteiger partial charge on any atom is -0.493 e. The van der Waals surface area contributed by atoms with E-state index in [1.165, 1.54) is 0 Å². The van der Waals surface area contributed by atoms with Gasteiger partial charge in [-0.2, -0.15) is 0 Å². The van der Waals surface area contributed by atoms with Gasteiger partial charge in [-0.1, -0.05) is 60.7 Å². The van der Waals surface area contributed by atoms with Crippen molar-refractivity contribution in [3.05, 3.63) is 83.9 Å². The smallest absolute Gasteiger partial charge is 0.154 e. The van der Waals surface area contributed by atoms with Gasteiger partial charge in [0.25, 0.3) is 0 Å². The minimum absolute atomic E-state index is 0.406. The summed E-state index contributed by atoms with van der Waals surface area (Å²) < 4.78 is 11.6. The van der Waals surface area contributed by atoms with Crippen LogP contribution in [0.1, 0.15) is 27.1 Å². The zero-order valence-electron chi connectivity index (χ0n) is 15.8. The van der Waals surface area contributed by atoms with Crippen LogP contribution in [0.4, 0.5) is 0 Å².